The zero-order valence-electron chi connectivity index (χ0n) is 14.7. The second-order valence-electron chi connectivity index (χ2n) is 6.34. The quantitative estimate of drug-likeness (QED) is 0.474. The van der Waals surface area contributed by atoms with E-state index in [0.29, 0.717) is 11.4 Å². The molecule has 0 spiro atoms. The van der Waals surface area contributed by atoms with Crippen molar-refractivity contribution >= 4 is 46.2 Å². The van der Waals surface area contributed by atoms with E-state index in [1.807, 2.05) is 0 Å². The summed E-state index contributed by atoms with van der Waals surface area (Å²) in [6.45, 7) is 3.54. The van der Waals surface area contributed by atoms with Gasteiger partial charge >= 0.3 is 7.60 Å². The van der Waals surface area contributed by atoms with E-state index in [2.05, 4.69) is 10.0 Å². The van der Waals surface area contributed by atoms with Crippen molar-refractivity contribution < 1.29 is 27.6 Å². The minimum atomic E-state index is -4.59. The maximum absolute atomic E-state index is 12.3. The minimum Gasteiger partial charge on any atom is -0.325 e. The van der Waals surface area contributed by atoms with E-state index >= 15 is 0 Å². The molecule has 0 aliphatic heterocycles. The molecule has 0 fully saturated rings. The number of hydrogen-bond donors (Lipinski definition) is 4. The lowest BCUT2D eigenvalue weighted by molar-refractivity contribution is -0.116. The van der Waals surface area contributed by atoms with Gasteiger partial charge in [0.05, 0.1) is 0 Å². The number of carbonyl (C=O) groups is 1. The molecule has 1 unspecified atom stereocenters. The zero-order valence-corrected chi connectivity index (χ0v) is 17.2. The first-order valence-corrected chi connectivity index (χ1v) is 12.1. The van der Waals surface area contributed by atoms with Crippen molar-refractivity contribution in [2.24, 2.45) is 5.92 Å². The summed E-state index contributed by atoms with van der Waals surface area (Å²) in [6.07, 6.45) is 0.0504. The lowest BCUT2D eigenvalue weighted by Crippen LogP contribution is -2.29. The Balaban J connectivity index is 2.08. The highest BCUT2D eigenvalue weighted by Gasteiger charge is 2.36. The lowest BCUT2D eigenvalue weighted by atomic mass is 10.1. The van der Waals surface area contributed by atoms with Gasteiger partial charge in [-0.05, 0) is 48.1 Å². The van der Waals surface area contributed by atoms with Crippen LogP contribution in [0.2, 0.25) is 0 Å². The summed E-state index contributed by atoms with van der Waals surface area (Å²) < 4.78 is 38.5. The second-order valence-corrected chi connectivity index (χ2v) is 11.0. The third kappa shape index (κ3) is 6.15. The minimum absolute atomic E-state index is 0.0504. The lowest BCUT2D eigenvalue weighted by Gasteiger charge is -2.19. The second kappa shape index (κ2) is 8.53. The highest BCUT2D eigenvalue weighted by molar-refractivity contribution is 7.94. The average Bonchev–Trinajstić information content (AvgIpc) is 3.08. The van der Waals surface area contributed by atoms with E-state index in [0.717, 1.165) is 11.3 Å². The number of benzene rings is 1. The van der Waals surface area contributed by atoms with Gasteiger partial charge in [0.25, 0.3) is 10.0 Å². The Labute approximate surface area is 161 Å². The van der Waals surface area contributed by atoms with Crippen molar-refractivity contribution in [2.75, 3.05) is 10.0 Å². The van der Waals surface area contributed by atoms with Crippen LogP contribution in [0.1, 0.15) is 20.3 Å². The Morgan fingerprint density at radius 3 is 2.22 bits per heavy atom. The SMILES string of the molecule is CC(C)CC(C(=O)Nc1ccc(NS(=O)(=O)c2cccs2)cc1)P(=O)(O)O. The first-order valence-electron chi connectivity index (χ1n) is 8.01. The van der Waals surface area contributed by atoms with Crippen molar-refractivity contribution in [3.63, 3.8) is 0 Å². The molecule has 4 N–H and O–H groups in total. The van der Waals surface area contributed by atoms with Gasteiger partial charge in [-0.3, -0.25) is 14.1 Å². The number of amides is 1. The van der Waals surface area contributed by atoms with E-state index in [1.54, 1.807) is 25.3 Å². The van der Waals surface area contributed by atoms with Crippen molar-refractivity contribution in [3.05, 3.63) is 41.8 Å². The fourth-order valence-corrected chi connectivity index (χ4v) is 5.43. The first kappa shape index (κ1) is 21.6. The van der Waals surface area contributed by atoms with Gasteiger partial charge in [-0.15, -0.1) is 11.3 Å². The molecule has 2 rings (SSSR count). The van der Waals surface area contributed by atoms with Gasteiger partial charge in [0.1, 0.15) is 9.87 Å². The number of carbonyl (C=O) groups excluding carboxylic acids is 1. The first-order chi connectivity index (χ1) is 12.5. The predicted octanol–water partition coefficient (Wildman–Crippen LogP) is 3.08. The summed E-state index contributed by atoms with van der Waals surface area (Å²) in [5.74, 6) is -0.841. The fraction of sp³-hybridized carbons (Fsp3) is 0.312. The topological polar surface area (TPSA) is 133 Å². The van der Waals surface area contributed by atoms with Crippen LogP contribution in [0.25, 0.3) is 0 Å². The summed E-state index contributed by atoms with van der Waals surface area (Å²) in [6, 6.07) is 8.93. The highest BCUT2D eigenvalue weighted by Crippen LogP contribution is 2.44. The highest BCUT2D eigenvalue weighted by atomic mass is 32.2. The molecule has 0 aliphatic carbocycles. The van der Waals surface area contributed by atoms with Crippen molar-refractivity contribution in [2.45, 2.75) is 30.1 Å². The molecular weight excluding hydrogens is 411 g/mol. The van der Waals surface area contributed by atoms with Gasteiger partial charge in [-0.2, -0.15) is 0 Å². The van der Waals surface area contributed by atoms with E-state index in [4.69, 9.17) is 0 Å². The molecule has 8 nitrogen and oxygen atoms in total. The molecule has 0 bridgehead atoms. The van der Waals surface area contributed by atoms with Gasteiger partial charge < -0.3 is 15.1 Å². The van der Waals surface area contributed by atoms with Crippen LogP contribution in [0.4, 0.5) is 11.4 Å². The fourth-order valence-electron chi connectivity index (χ4n) is 2.31. The number of thiophene rings is 1. The Hall–Kier alpha value is -1.71. The van der Waals surface area contributed by atoms with Crippen molar-refractivity contribution in [3.8, 4) is 0 Å². The number of nitrogens with one attached hydrogen (secondary N) is 2. The maximum atomic E-state index is 12.3. The third-order valence-electron chi connectivity index (χ3n) is 3.57. The summed E-state index contributed by atoms with van der Waals surface area (Å²) in [5, 5.41) is 4.12. The van der Waals surface area contributed by atoms with Crippen LogP contribution >= 0.6 is 18.9 Å². The Kier molecular flexibility index (Phi) is 6.82. The van der Waals surface area contributed by atoms with Gasteiger partial charge in [0.2, 0.25) is 5.91 Å². The van der Waals surface area contributed by atoms with Gasteiger partial charge in [0.15, 0.2) is 0 Å². The summed E-state index contributed by atoms with van der Waals surface area (Å²) in [5.41, 5.74) is -0.828. The van der Waals surface area contributed by atoms with E-state index < -0.39 is 29.2 Å². The van der Waals surface area contributed by atoms with Crippen LogP contribution in [-0.2, 0) is 19.4 Å². The van der Waals surface area contributed by atoms with Crippen LogP contribution in [0.15, 0.2) is 46.0 Å². The molecule has 0 radical (unpaired) electrons. The Bertz CT molecular complexity index is 920. The standard InChI is InChI=1S/C16H21N2O6PS2/c1-11(2)10-14(25(20,21)22)16(19)17-12-5-7-13(8-6-12)18-27(23,24)15-4-3-9-26-15/h3-9,11,14,18H,10H2,1-2H3,(H,17,19)(H2,20,21,22). The van der Waals surface area contributed by atoms with Gasteiger partial charge in [-0.1, -0.05) is 19.9 Å². The maximum Gasteiger partial charge on any atom is 0.337 e. The number of anilines is 2. The normalized spacial score (nSPS) is 13.4. The van der Waals surface area contributed by atoms with E-state index in [1.165, 1.54) is 30.3 Å². The molecule has 1 aromatic carbocycles. The van der Waals surface area contributed by atoms with Crippen LogP contribution in [0.5, 0.6) is 0 Å². The summed E-state index contributed by atoms with van der Waals surface area (Å²) in [7, 11) is -8.26. The molecule has 0 saturated heterocycles. The zero-order chi connectivity index (χ0) is 20.2. The molecule has 11 heteroatoms. The molecule has 1 atom stereocenters. The monoisotopic (exact) mass is 432 g/mol. The molecule has 0 saturated carbocycles. The summed E-state index contributed by atoms with van der Waals surface area (Å²) in [4.78, 5) is 31.1. The smallest absolute Gasteiger partial charge is 0.325 e. The van der Waals surface area contributed by atoms with Crippen LogP contribution in [0.3, 0.4) is 0 Å². The molecule has 0 aliphatic rings. The molecule has 1 amide bonds. The number of rotatable bonds is 8. The number of sulfonamides is 1. The van der Waals surface area contributed by atoms with Crippen molar-refractivity contribution in [1.82, 2.24) is 0 Å². The largest absolute Gasteiger partial charge is 0.337 e. The van der Waals surface area contributed by atoms with Gasteiger partial charge in [-0.25, -0.2) is 8.42 Å². The molecular formula is C16H21N2O6PS2. The Morgan fingerprint density at radius 2 is 1.74 bits per heavy atom. The molecule has 148 valence electrons. The van der Waals surface area contributed by atoms with E-state index in [-0.39, 0.29) is 16.5 Å². The number of hydrogen-bond acceptors (Lipinski definition) is 5. The average molecular weight is 432 g/mol. The molecule has 2 aromatic rings. The summed E-state index contributed by atoms with van der Waals surface area (Å²) >= 11 is 1.09. The molecule has 27 heavy (non-hydrogen) atoms. The third-order valence-corrected chi connectivity index (χ3v) is 7.60. The van der Waals surface area contributed by atoms with Gasteiger partial charge in [0, 0.05) is 11.4 Å². The van der Waals surface area contributed by atoms with Crippen LogP contribution in [0, 0.1) is 5.92 Å². The molecule has 1 aromatic heterocycles. The van der Waals surface area contributed by atoms with Crippen LogP contribution in [-0.4, -0.2) is 29.8 Å². The van der Waals surface area contributed by atoms with Crippen LogP contribution < -0.4 is 10.0 Å². The van der Waals surface area contributed by atoms with Crippen molar-refractivity contribution in [1.29, 1.82) is 0 Å². The molecule has 1 heterocycles. The Morgan fingerprint density at radius 1 is 1.15 bits per heavy atom. The predicted molar refractivity (Wildman–Crippen MR) is 105 cm³/mol. The van der Waals surface area contributed by atoms with E-state index in [9.17, 15) is 27.6 Å².